The molecule has 1 aromatic heterocycles. The highest BCUT2D eigenvalue weighted by molar-refractivity contribution is 7.99. The smallest absolute Gasteiger partial charge is 0.243 e. The summed E-state index contributed by atoms with van der Waals surface area (Å²) in [6, 6.07) is 24.0. The molecule has 236 valence electrons. The predicted octanol–water partition coefficient (Wildman–Crippen LogP) is 5.21. The Morgan fingerprint density at radius 3 is 2.44 bits per heavy atom. The topological polar surface area (TPSA) is 135 Å². The summed E-state index contributed by atoms with van der Waals surface area (Å²) in [6.07, 6.45) is 4.20. The zero-order valence-electron chi connectivity index (χ0n) is 25.1. The number of ether oxygens (including phenoxy) is 2. The van der Waals surface area contributed by atoms with Crippen molar-refractivity contribution < 1.29 is 29.4 Å². The molecule has 0 saturated carbocycles. The molecular weight excluding hydrogens is 592 g/mol. The Labute approximate surface area is 266 Å². The number of rotatable bonds is 13. The Morgan fingerprint density at radius 2 is 1.71 bits per heavy atom. The number of hydroxylamine groups is 1. The van der Waals surface area contributed by atoms with Gasteiger partial charge < -0.3 is 24.5 Å². The van der Waals surface area contributed by atoms with Gasteiger partial charge in [0.15, 0.2) is 11.4 Å². The molecule has 4 aromatic rings. The highest BCUT2D eigenvalue weighted by Gasteiger charge is 2.32. The fraction of sp³-hybridized carbons (Fsp3) is 0.324. The van der Waals surface area contributed by atoms with Crippen LogP contribution in [0.2, 0.25) is 0 Å². The van der Waals surface area contributed by atoms with Crippen molar-refractivity contribution in [1.82, 2.24) is 20.3 Å². The van der Waals surface area contributed by atoms with E-state index in [4.69, 9.17) is 14.7 Å². The second kappa shape index (κ2) is 15.8. The van der Waals surface area contributed by atoms with Gasteiger partial charge in [0.25, 0.3) is 0 Å². The maximum absolute atomic E-state index is 12.2. The zero-order chi connectivity index (χ0) is 31.6. The lowest BCUT2D eigenvalue weighted by Crippen LogP contribution is -2.31. The quantitative estimate of drug-likeness (QED) is 0.0899. The number of aromatic nitrogens is 2. The minimum absolute atomic E-state index is 0.00760. The number of aliphatic hydroxyl groups excluding tert-OH is 1. The number of amides is 2. The summed E-state index contributed by atoms with van der Waals surface area (Å²) in [6.45, 7) is 0.353. The van der Waals surface area contributed by atoms with Gasteiger partial charge in [0.2, 0.25) is 11.8 Å². The Morgan fingerprint density at radius 1 is 0.956 bits per heavy atom. The Bertz CT molecular complexity index is 1580. The molecule has 10 nitrogen and oxygen atoms in total. The summed E-state index contributed by atoms with van der Waals surface area (Å²) in [4.78, 5) is 27.8. The largest absolute Gasteiger partial charge is 0.392 e. The summed E-state index contributed by atoms with van der Waals surface area (Å²) in [7, 11) is 1.98. The van der Waals surface area contributed by atoms with Crippen molar-refractivity contribution in [2.45, 2.75) is 62.5 Å². The molecule has 3 atom stereocenters. The van der Waals surface area contributed by atoms with Gasteiger partial charge in [-0.25, -0.2) is 10.5 Å². The molecule has 4 N–H and O–H groups in total. The number of nitrogens with one attached hydrogen (secondary N) is 2. The molecular formula is C34H38N4O6S. The van der Waals surface area contributed by atoms with Gasteiger partial charge in [-0.15, -0.1) is 0 Å². The van der Waals surface area contributed by atoms with E-state index >= 15 is 0 Å². The molecule has 5 rings (SSSR count). The molecule has 2 amide bonds. The van der Waals surface area contributed by atoms with E-state index in [9.17, 15) is 14.7 Å². The van der Waals surface area contributed by atoms with Crippen molar-refractivity contribution >= 4 is 23.6 Å². The molecule has 45 heavy (non-hydrogen) atoms. The second-order valence-electron chi connectivity index (χ2n) is 11.0. The van der Waals surface area contributed by atoms with Crippen LogP contribution in [0.5, 0.6) is 0 Å². The van der Waals surface area contributed by atoms with Crippen LogP contribution in [-0.2, 0) is 39.3 Å². The highest BCUT2D eigenvalue weighted by Crippen LogP contribution is 2.40. The number of aliphatic hydroxyl groups is 1. The summed E-state index contributed by atoms with van der Waals surface area (Å²) < 4.78 is 15.1. The third-order valence-electron chi connectivity index (χ3n) is 7.63. The van der Waals surface area contributed by atoms with Gasteiger partial charge in [0.1, 0.15) is 0 Å². The first-order chi connectivity index (χ1) is 21.9. The van der Waals surface area contributed by atoms with Gasteiger partial charge in [0, 0.05) is 56.6 Å². The van der Waals surface area contributed by atoms with Crippen LogP contribution >= 0.6 is 11.8 Å². The highest BCUT2D eigenvalue weighted by atomic mass is 32.2. The summed E-state index contributed by atoms with van der Waals surface area (Å²) in [5.74, 6) is 0.0570. The lowest BCUT2D eigenvalue weighted by atomic mass is 9.99. The van der Waals surface area contributed by atoms with E-state index in [1.807, 2.05) is 84.5 Å². The average molecular weight is 631 g/mol. The number of benzene rings is 3. The van der Waals surface area contributed by atoms with Crippen LogP contribution in [0.25, 0.3) is 11.1 Å². The molecule has 0 bridgehead atoms. The van der Waals surface area contributed by atoms with Crippen LogP contribution in [0.4, 0.5) is 0 Å². The molecule has 1 saturated heterocycles. The average Bonchev–Trinajstić information content (AvgIpc) is 3.50. The van der Waals surface area contributed by atoms with E-state index in [1.54, 1.807) is 23.4 Å². The SMILES string of the molecule is Cn1ccnc1SC[C@@H]1C[C@H](c2ccc(CO)cc2)O[C@H](c2cccc(-c3cccc(CNC(=O)CCCC(=O)NO)c3)c2)O1. The standard InChI is InChI=1S/C34H38N4O6S/c1-38-16-15-35-34(38)45-22-29-19-30(25-13-11-23(21-39)12-14-25)44-33(43-29)28-8-3-7-27(18-28)26-6-2-5-24(17-26)20-36-31(40)9-4-10-32(41)37-42/h2-3,5-8,11-18,29-30,33,39,42H,4,9-10,19-22H2,1H3,(H,36,40)(H,37,41)/t29-,30+,33+/m0/s1. The van der Waals surface area contributed by atoms with E-state index < -0.39 is 12.2 Å². The zero-order valence-corrected chi connectivity index (χ0v) is 25.9. The number of hydrogen-bond acceptors (Lipinski definition) is 8. The van der Waals surface area contributed by atoms with E-state index in [0.29, 0.717) is 19.4 Å². The number of thioether (sulfide) groups is 1. The number of aryl methyl sites for hydroxylation is 1. The molecule has 1 aliphatic rings. The minimum Gasteiger partial charge on any atom is -0.392 e. The Balaban J connectivity index is 1.29. The van der Waals surface area contributed by atoms with E-state index in [2.05, 4.69) is 16.4 Å². The van der Waals surface area contributed by atoms with Gasteiger partial charge in [0.05, 0.1) is 18.8 Å². The first kappa shape index (κ1) is 32.4. The maximum atomic E-state index is 12.2. The van der Waals surface area contributed by atoms with Crippen LogP contribution in [-0.4, -0.2) is 43.5 Å². The Hall–Kier alpha value is -4.00. The third-order valence-corrected chi connectivity index (χ3v) is 8.82. The fourth-order valence-electron chi connectivity index (χ4n) is 5.16. The van der Waals surface area contributed by atoms with E-state index in [-0.39, 0.29) is 37.6 Å². The number of nitrogens with zero attached hydrogens (tertiary/aromatic N) is 2. The van der Waals surface area contributed by atoms with E-state index in [1.165, 1.54) is 0 Å². The molecule has 0 aliphatic carbocycles. The molecule has 2 heterocycles. The molecule has 0 spiro atoms. The van der Waals surface area contributed by atoms with Crippen molar-refractivity contribution in [2.75, 3.05) is 5.75 Å². The van der Waals surface area contributed by atoms with Crippen LogP contribution in [0.1, 0.15) is 60.3 Å². The summed E-state index contributed by atoms with van der Waals surface area (Å²) in [5, 5.41) is 21.9. The van der Waals surface area contributed by atoms with Crippen LogP contribution in [0.15, 0.2) is 90.3 Å². The lowest BCUT2D eigenvalue weighted by Gasteiger charge is -2.36. The van der Waals surface area contributed by atoms with Gasteiger partial charge in [-0.2, -0.15) is 0 Å². The van der Waals surface area contributed by atoms with Gasteiger partial charge in [-0.3, -0.25) is 14.8 Å². The molecule has 3 aromatic carbocycles. The molecule has 1 fully saturated rings. The Kier molecular flexibility index (Phi) is 11.4. The number of imidazole rings is 1. The number of carbonyl (C=O) groups excluding carboxylic acids is 2. The molecule has 11 heteroatoms. The normalized spacial score (nSPS) is 18.0. The monoisotopic (exact) mass is 630 g/mol. The van der Waals surface area contributed by atoms with Gasteiger partial charge >= 0.3 is 0 Å². The van der Waals surface area contributed by atoms with E-state index in [0.717, 1.165) is 44.3 Å². The number of hydrogen-bond donors (Lipinski definition) is 4. The molecule has 0 radical (unpaired) electrons. The molecule has 1 aliphatic heterocycles. The van der Waals surface area contributed by atoms with Crippen molar-refractivity contribution in [3.05, 3.63) is 107 Å². The van der Waals surface area contributed by atoms with Crippen LogP contribution < -0.4 is 10.8 Å². The first-order valence-corrected chi connectivity index (χ1v) is 15.9. The van der Waals surface area contributed by atoms with Crippen molar-refractivity contribution in [3.8, 4) is 11.1 Å². The van der Waals surface area contributed by atoms with Gasteiger partial charge in [-0.05, 0) is 46.4 Å². The first-order valence-electron chi connectivity index (χ1n) is 14.9. The predicted molar refractivity (Wildman–Crippen MR) is 170 cm³/mol. The summed E-state index contributed by atoms with van der Waals surface area (Å²) >= 11 is 1.66. The van der Waals surface area contributed by atoms with Crippen LogP contribution in [0.3, 0.4) is 0 Å². The summed E-state index contributed by atoms with van der Waals surface area (Å²) in [5.41, 5.74) is 7.31. The van der Waals surface area contributed by atoms with Gasteiger partial charge in [-0.1, -0.05) is 72.4 Å². The number of carbonyl (C=O) groups is 2. The van der Waals surface area contributed by atoms with Crippen LogP contribution in [0, 0.1) is 0 Å². The molecule has 0 unspecified atom stereocenters. The fourth-order valence-corrected chi connectivity index (χ4v) is 6.11. The minimum atomic E-state index is -0.580. The lowest BCUT2D eigenvalue weighted by molar-refractivity contribution is -0.245. The van der Waals surface area contributed by atoms with Crippen molar-refractivity contribution in [1.29, 1.82) is 0 Å². The maximum Gasteiger partial charge on any atom is 0.243 e. The third kappa shape index (κ3) is 9.03. The second-order valence-corrected chi connectivity index (χ2v) is 12.0. The van der Waals surface area contributed by atoms with Crippen molar-refractivity contribution in [2.24, 2.45) is 7.05 Å². The van der Waals surface area contributed by atoms with Crippen molar-refractivity contribution in [3.63, 3.8) is 0 Å².